The number of ether oxygens (including phenoxy) is 1. The van der Waals surface area contributed by atoms with Crippen LogP contribution in [-0.4, -0.2) is 49.9 Å². The van der Waals surface area contributed by atoms with Crippen LogP contribution in [0.1, 0.15) is 34.2 Å². The zero-order valence-corrected chi connectivity index (χ0v) is 16.3. The molecule has 1 aromatic carbocycles. The minimum atomic E-state index is -0.412. The Morgan fingerprint density at radius 3 is 2.76 bits per heavy atom. The van der Waals surface area contributed by atoms with E-state index in [-0.39, 0.29) is 6.54 Å². The van der Waals surface area contributed by atoms with E-state index in [1.807, 2.05) is 30.3 Å². The number of tetrazole rings is 1. The first-order valence-electron chi connectivity index (χ1n) is 9.01. The summed E-state index contributed by atoms with van der Waals surface area (Å²) < 4.78 is 5.05. The van der Waals surface area contributed by atoms with Gasteiger partial charge in [0, 0.05) is 11.3 Å². The van der Waals surface area contributed by atoms with E-state index < -0.39 is 11.9 Å². The van der Waals surface area contributed by atoms with Crippen LogP contribution in [0, 0.1) is 13.8 Å². The van der Waals surface area contributed by atoms with Crippen molar-refractivity contribution < 1.29 is 14.3 Å². The van der Waals surface area contributed by atoms with Crippen LogP contribution in [-0.2, 0) is 16.1 Å². The molecule has 0 saturated heterocycles. The molecule has 0 fully saturated rings. The van der Waals surface area contributed by atoms with E-state index in [0.717, 1.165) is 5.56 Å². The van der Waals surface area contributed by atoms with Gasteiger partial charge in [-0.1, -0.05) is 30.3 Å². The second kappa shape index (κ2) is 8.91. The molecule has 10 heteroatoms. The predicted molar refractivity (Wildman–Crippen MR) is 105 cm³/mol. The fraction of sp³-hybridized carbons (Fsp3) is 0.263. The quantitative estimate of drug-likeness (QED) is 0.355. The fourth-order valence-electron chi connectivity index (χ4n) is 2.76. The summed E-state index contributed by atoms with van der Waals surface area (Å²) in [6.45, 7) is 5.47. The molecule has 0 unspecified atom stereocenters. The third kappa shape index (κ3) is 4.72. The van der Waals surface area contributed by atoms with Crippen molar-refractivity contribution in [1.29, 1.82) is 0 Å². The van der Waals surface area contributed by atoms with Crippen molar-refractivity contribution in [3.63, 3.8) is 0 Å². The molecule has 0 radical (unpaired) electrons. The van der Waals surface area contributed by atoms with Crippen LogP contribution >= 0.6 is 0 Å². The lowest BCUT2D eigenvalue weighted by Crippen LogP contribution is -2.24. The molecular formula is C19H21N7O3. The fourth-order valence-corrected chi connectivity index (χ4v) is 2.76. The van der Waals surface area contributed by atoms with Crippen LogP contribution in [0.2, 0.25) is 0 Å². The highest BCUT2D eigenvalue weighted by atomic mass is 16.5. The third-order valence-corrected chi connectivity index (χ3v) is 4.11. The summed E-state index contributed by atoms with van der Waals surface area (Å²) in [5.74, 6) is -0.371. The number of rotatable bonds is 7. The molecule has 0 aliphatic carbocycles. The van der Waals surface area contributed by atoms with Gasteiger partial charge in [-0.05, 0) is 31.5 Å². The minimum absolute atomic E-state index is 0.131. The maximum absolute atomic E-state index is 12.1. The molecule has 1 amide bonds. The summed E-state index contributed by atoms with van der Waals surface area (Å²) in [6, 6.07) is 9.35. The smallest absolute Gasteiger partial charge is 0.340 e. The Bertz CT molecular complexity index is 1040. The Kier molecular flexibility index (Phi) is 6.12. The van der Waals surface area contributed by atoms with Crippen molar-refractivity contribution in [2.45, 2.75) is 27.3 Å². The van der Waals surface area contributed by atoms with Crippen molar-refractivity contribution in [1.82, 2.24) is 30.6 Å². The second-order valence-corrected chi connectivity index (χ2v) is 6.19. The van der Waals surface area contributed by atoms with E-state index in [4.69, 9.17) is 4.74 Å². The van der Waals surface area contributed by atoms with Crippen molar-refractivity contribution in [2.24, 2.45) is 5.10 Å². The highest BCUT2D eigenvalue weighted by Crippen LogP contribution is 2.17. The Labute approximate surface area is 167 Å². The summed E-state index contributed by atoms with van der Waals surface area (Å²) in [5, 5.41) is 15.9. The van der Waals surface area contributed by atoms with Crippen LogP contribution in [0.3, 0.4) is 0 Å². The molecule has 2 aromatic heterocycles. The van der Waals surface area contributed by atoms with Gasteiger partial charge in [-0.2, -0.15) is 9.90 Å². The van der Waals surface area contributed by atoms with E-state index in [0.29, 0.717) is 34.9 Å². The average Bonchev–Trinajstić information content (AvgIpc) is 3.27. The van der Waals surface area contributed by atoms with Crippen LogP contribution in [0.25, 0.3) is 11.4 Å². The first kappa shape index (κ1) is 19.9. The molecule has 10 nitrogen and oxygen atoms in total. The van der Waals surface area contributed by atoms with Crippen molar-refractivity contribution >= 4 is 18.1 Å². The molecule has 150 valence electrons. The summed E-state index contributed by atoms with van der Waals surface area (Å²) in [5.41, 5.74) is 5.67. The Morgan fingerprint density at radius 2 is 2.03 bits per heavy atom. The normalized spacial score (nSPS) is 11.0. The number of carbonyl (C=O) groups is 2. The van der Waals surface area contributed by atoms with Crippen LogP contribution in [0.4, 0.5) is 0 Å². The molecule has 0 saturated carbocycles. The Hall–Kier alpha value is -3.82. The number of benzene rings is 1. The lowest BCUT2D eigenvalue weighted by atomic mass is 10.1. The molecule has 2 N–H and O–H groups in total. The Balaban J connectivity index is 1.60. The van der Waals surface area contributed by atoms with Gasteiger partial charge in [0.1, 0.15) is 6.54 Å². The average molecular weight is 395 g/mol. The topological polar surface area (TPSA) is 127 Å². The zero-order valence-electron chi connectivity index (χ0n) is 16.3. The molecular weight excluding hydrogens is 374 g/mol. The molecule has 3 aromatic rings. The predicted octanol–water partition coefficient (Wildman–Crippen LogP) is 1.61. The largest absolute Gasteiger partial charge is 0.462 e. The summed E-state index contributed by atoms with van der Waals surface area (Å²) in [6.07, 6.45) is 1.44. The number of H-pyrrole nitrogens is 1. The standard InChI is InChI=1S/C19H21N7O3/c1-4-29-19(28)17-12(2)15(21-13(17)3)10-20-22-16(27)11-26-24-18(23-25-26)14-8-6-5-7-9-14/h5-10,21H,4,11H2,1-3H3,(H,22,27)/b20-10+. The van der Waals surface area contributed by atoms with Gasteiger partial charge in [0.15, 0.2) is 0 Å². The molecule has 0 atom stereocenters. The first-order valence-corrected chi connectivity index (χ1v) is 9.01. The van der Waals surface area contributed by atoms with Gasteiger partial charge in [0.05, 0.1) is 24.1 Å². The van der Waals surface area contributed by atoms with Crippen molar-refractivity contribution in [3.8, 4) is 11.4 Å². The molecule has 0 spiro atoms. The van der Waals surface area contributed by atoms with Crippen molar-refractivity contribution in [2.75, 3.05) is 6.61 Å². The lowest BCUT2D eigenvalue weighted by molar-refractivity contribution is -0.122. The van der Waals surface area contributed by atoms with Gasteiger partial charge in [-0.3, -0.25) is 4.79 Å². The van der Waals surface area contributed by atoms with Crippen molar-refractivity contribution in [3.05, 3.63) is 52.8 Å². The number of esters is 1. The minimum Gasteiger partial charge on any atom is -0.462 e. The number of hydrogen-bond acceptors (Lipinski definition) is 7. The number of hydrazone groups is 1. The first-order chi connectivity index (χ1) is 14.0. The number of hydrogen-bond donors (Lipinski definition) is 2. The molecule has 3 rings (SSSR count). The highest BCUT2D eigenvalue weighted by molar-refractivity contribution is 5.96. The molecule has 0 bridgehead atoms. The maximum atomic E-state index is 12.1. The van der Waals surface area contributed by atoms with Gasteiger partial charge in [0.25, 0.3) is 5.91 Å². The van der Waals surface area contributed by atoms with Crippen LogP contribution < -0.4 is 5.43 Å². The molecule has 29 heavy (non-hydrogen) atoms. The summed E-state index contributed by atoms with van der Waals surface area (Å²) >= 11 is 0. The van der Waals surface area contributed by atoms with Gasteiger partial charge >= 0.3 is 5.97 Å². The van der Waals surface area contributed by atoms with E-state index in [1.165, 1.54) is 11.0 Å². The van der Waals surface area contributed by atoms with Gasteiger partial charge in [0.2, 0.25) is 5.82 Å². The SMILES string of the molecule is CCOC(=O)c1c(C)[nH]c(/C=N/NC(=O)Cn2nnc(-c3ccccc3)n2)c1C. The zero-order chi connectivity index (χ0) is 20.8. The van der Waals surface area contributed by atoms with Crippen LogP contribution in [0.5, 0.6) is 0 Å². The summed E-state index contributed by atoms with van der Waals surface area (Å²) in [7, 11) is 0. The monoisotopic (exact) mass is 395 g/mol. The lowest BCUT2D eigenvalue weighted by Gasteiger charge is -2.01. The van der Waals surface area contributed by atoms with E-state index in [1.54, 1.807) is 20.8 Å². The summed E-state index contributed by atoms with van der Waals surface area (Å²) in [4.78, 5) is 28.3. The van der Waals surface area contributed by atoms with Gasteiger partial charge < -0.3 is 9.72 Å². The van der Waals surface area contributed by atoms with Gasteiger partial charge in [-0.15, -0.1) is 10.2 Å². The van der Waals surface area contributed by atoms with E-state index in [2.05, 4.69) is 30.9 Å². The number of nitrogens with zero attached hydrogens (tertiary/aromatic N) is 5. The molecule has 0 aliphatic rings. The van der Waals surface area contributed by atoms with E-state index >= 15 is 0 Å². The molecule has 2 heterocycles. The number of nitrogens with one attached hydrogen (secondary N) is 2. The second-order valence-electron chi connectivity index (χ2n) is 6.19. The maximum Gasteiger partial charge on any atom is 0.340 e. The highest BCUT2D eigenvalue weighted by Gasteiger charge is 2.18. The number of amides is 1. The number of aryl methyl sites for hydroxylation is 1. The molecule has 0 aliphatic heterocycles. The van der Waals surface area contributed by atoms with E-state index in [9.17, 15) is 9.59 Å². The Morgan fingerprint density at radius 1 is 1.28 bits per heavy atom. The number of carbonyl (C=O) groups excluding carboxylic acids is 2. The van der Waals surface area contributed by atoms with Crippen LogP contribution in [0.15, 0.2) is 35.4 Å². The number of aromatic nitrogens is 5. The number of aromatic amines is 1. The third-order valence-electron chi connectivity index (χ3n) is 4.11. The van der Waals surface area contributed by atoms with Gasteiger partial charge in [-0.25, -0.2) is 10.2 Å².